The average Bonchev–Trinajstić information content (AvgIpc) is 2.00. The van der Waals surface area contributed by atoms with Crippen LogP contribution in [0.15, 0.2) is 17.0 Å². The van der Waals surface area contributed by atoms with E-state index in [9.17, 15) is 18.5 Å². The van der Waals surface area contributed by atoms with E-state index in [0.29, 0.717) is 0 Å². The van der Waals surface area contributed by atoms with Crippen molar-refractivity contribution in [3.63, 3.8) is 0 Å². The second kappa shape index (κ2) is 4.40. The number of benzene rings is 1. The molecule has 9 heteroatoms. The largest absolute Gasteiger partial charge is 0.289 e. The summed E-state index contributed by atoms with van der Waals surface area (Å²) in [6.45, 7) is 0. The first-order chi connectivity index (χ1) is 6.73. The highest BCUT2D eigenvalue weighted by atomic mass is 127. The van der Waals surface area contributed by atoms with Gasteiger partial charge in [-0.1, -0.05) is 11.6 Å². The smallest absolute Gasteiger partial charge is 0.258 e. The van der Waals surface area contributed by atoms with Gasteiger partial charge in [-0.25, -0.2) is 8.42 Å². The van der Waals surface area contributed by atoms with Gasteiger partial charge in [0.15, 0.2) is 0 Å². The van der Waals surface area contributed by atoms with Gasteiger partial charge < -0.3 is 0 Å². The summed E-state index contributed by atoms with van der Waals surface area (Å²) in [5.74, 6) is 0. The standard InChI is InChI=1S/C6H2Cl2INO4S/c7-3-1-4(9)6(15(8,13)14)2-5(3)10(11)12/h1-2H. The molecule has 0 saturated heterocycles. The van der Waals surface area contributed by atoms with Crippen LogP contribution in [0.4, 0.5) is 5.69 Å². The highest BCUT2D eigenvalue weighted by Gasteiger charge is 2.22. The van der Waals surface area contributed by atoms with Crippen LogP contribution in [0.1, 0.15) is 0 Å². The summed E-state index contributed by atoms with van der Waals surface area (Å²) in [5, 5.41) is 10.4. The van der Waals surface area contributed by atoms with E-state index in [4.69, 9.17) is 22.3 Å². The van der Waals surface area contributed by atoms with Crippen LogP contribution in [0.2, 0.25) is 5.02 Å². The molecule has 0 radical (unpaired) electrons. The number of nitro benzene ring substituents is 1. The van der Waals surface area contributed by atoms with Crippen molar-refractivity contribution in [1.82, 2.24) is 0 Å². The molecule has 0 aliphatic heterocycles. The average molecular weight is 382 g/mol. The molecule has 0 aliphatic rings. The van der Waals surface area contributed by atoms with Crippen molar-refractivity contribution < 1.29 is 13.3 Å². The van der Waals surface area contributed by atoms with Crippen LogP contribution in [0, 0.1) is 13.7 Å². The van der Waals surface area contributed by atoms with Gasteiger partial charge in [-0.15, -0.1) is 0 Å². The van der Waals surface area contributed by atoms with E-state index in [2.05, 4.69) is 0 Å². The minimum atomic E-state index is -4.00. The van der Waals surface area contributed by atoms with E-state index < -0.39 is 19.7 Å². The maximum atomic E-state index is 11.0. The molecule has 0 saturated carbocycles. The lowest BCUT2D eigenvalue weighted by Gasteiger charge is -2.01. The Morgan fingerprint density at radius 1 is 1.40 bits per heavy atom. The van der Waals surface area contributed by atoms with Crippen LogP contribution in [-0.2, 0) is 9.05 Å². The van der Waals surface area contributed by atoms with Crippen LogP contribution in [0.25, 0.3) is 0 Å². The Morgan fingerprint density at radius 3 is 2.33 bits per heavy atom. The number of nitro groups is 1. The zero-order valence-corrected chi connectivity index (χ0v) is 11.3. The summed E-state index contributed by atoms with van der Waals surface area (Å²) in [6.07, 6.45) is 0. The third-order valence-electron chi connectivity index (χ3n) is 1.46. The predicted octanol–water partition coefficient (Wildman–Crippen LogP) is 2.78. The Morgan fingerprint density at radius 2 is 1.93 bits per heavy atom. The SMILES string of the molecule is O=[N+]([O-])c1cc(S(=O)(=O)Cl)c(I)cc1Cl. The van der Waals surface area contributed by atoms with Crippen LogP contribution in [0.3, 0.4) is 0 Å². The molecule has 0 aromatic heterocycles. The molecule has 0 unspecified atom stereocenters. The Bertz CT molecular complexity index is 530. The molecule has 0 bridgehead atoms. The highest BCUT2D eigenvalue weighted by molar-refractivity contribution is 14.1. The van der Waals surface area contributed by atoms with Gasteiger partial charge in [-0.3, -0.25) is 10.1 Å². The lowest BCUT2D eigenvalue weighted by atomic mass is 10.3. The fourth-order valence-corrected chi connectivity index (χ4v) is 3.92. The summed E-state index contributed by atoms with van der Waals surface area (Å²) in [5.41, 5.74) is -0.490. The van der Waals surface area contributed by atoms with E-state index in [0.717, 1.165) is 6.07 Å². The van der Waals surface area contributed by atoms with E-state index in [-0.39, 0.29) is 13.5 Å². The summed E-state index contributed by atoms with van der Waals surface area (Å²) < 4.78 is 22.3. The molecule has 1 aromatic carbocycles. The predicted molar refractivity (Wildman–Crippen MR) is 63.9 cm³/mol. The van der Waals surface area contributed by atoms with Crippen molar-refractivity contribution >= 4 is 59.6 Å². The normalized spacial score (nSPS) is 11.4. The number of nitrogens with zero attached hydrogens (tertiary/aromatic N) is 1. The van der Waals surface area contributed by atoms with E-state index >= 15 is 0 Å². The van der Waals surface area contributed by atoms with Crippen molar-refractivity contribution in [2.24, 2.45) is 0 Å². The first kappa shape index (κ1) is 12.9. The molecule has 0 amide bonds. The number of hydrogen-bond donors (Lipinski definition) is 0. The monoisotopic (exact) mass is 381 g/mol. The fraction of sp³-hybridized carbons (Fsp3) is 0. The molecule has 0 aliphatic carbocycles. The Balaban J connectivity index is 3.58. The van der Waals surface area contributed by atoms with Gasteiger partial charge in [0.05, 0.1) is 4.92 Å². The summed E-state index contributed by atoms with van der Waals surface area (Å²) in [7, 11) is 1.09. The molecule has 0 N–H and O–H groups in total. The maximum Gasteiger partial charge on any atom is 0.289 e. The lowest BCUT2D eigenvalue weighted by Crippen LogP contribution is -1.98. The van der Waals surface area contributed by atoms with Crippen molar-refractivity contribution in [1.29, 1.82) is 0 Å². The minimum Gasteiger partial charge on any atom is -0.258 e. The first-order valence-electron chi connectivity index (χ1n) is 3.31. The number of hydrogen-bond acceptors (Lipinski definition) is 4. The molecule has 1 rings (SSSR count). The zero-order chi connectivity index (χ0) is 11.8. The quantitative estimate of drug-likeness (QED) is 0.341. The molecule has 0 fully saturated rings. The Kier molecular flexibility index (Phi) is 3.80. The van der Waals surface area contributed by atoms with Crippen molar-refractivity contribution in [3.05, 3.63) is 30.8 Å². The third kappa shape index (κ3) is 2.92. The van der Waals surface area contributed by atoms with Gasteiger partial charge in [0.2, 0.25) is 0 Å². The first-order valence-corrected chi connectivity index (χ1v) is 7.08. The molecule has 82 valence electrons. The molecule has 15 heavy (non-hydrogen) atoms. The number of halogens is 3. The van der Waals surface area contributed by atoms with Gasteiger partial charge in [0, 0.05) is 20.3 Å². The summed E-state index contributed by atoms with van der Waals surface area (Å²) >= 11 is 7.24. The lowest BCUT2D eigenvalue weighted by molar-refractivity contribution is -0.384. The van der Waals surface area contributed by atoms with Crippen molar-refractivity contribution in [3.8, 4) is 0 Å². The molecular formula is C6H2Cl2INO4S. The summed E-state index contributed by atoms with van der Waals surface area (Å²) in [4.78, 5) is 9.40. The van der Waals surface area contributed by atoms with Gasteiger partial charge in [0.1, 0.15) is 9.92 Å². The van der Waals surface area contributed by atoms with E-state index in [1.165, 1.54) is 6.07 Å². The zero-order valence-electron chi connectivity index (χ0n) is 6.78. The van der Waals surface area contributed by atoms with E-state index in [1.54, 1.807) is 22.6 Å². The van der Waals surface area contributed by atoms with Crippen LogP contribution >= 0.6 is 44.9 Å². The van der Waals surface area contributed by atoms with Crippen molar-refractivity contribution in [2.75, 3.05) is 0 Å². The molecule has 0 heterocycles. The molecule has 0 atom stereocenters. The molecule has 0 spiro atoms. The maximum absolute atomic E-state index is 11.0. The van der Waals surface area contributed by atoms with Crippen LogP contribution in [0.5, 0.6) is 0 Å². The molecular weight excluding hydrogens is 380 g/mol. The van der Waals surface area contributed by atoms with Crippen LogP contribution < -0.4 is 0 Å². The van der Waals surface area contributed by atoms with Gasteiger partial charge in [-0.05, 0) is 28.7 Å². The Labute approximate surface area is 108 Å². The minimum absolute atomic E-state index is 0.131. The van der Waals surface area contributed by atoms with Gasteiger partial charge in [-0.2, -0.15) is 0 Å². The third-order valence-corrected chi connectivity index (χ3v) is 4.38. The second-order valence-electron chi connectivity index (χ2n) is 2.43. The van der Waals surface area contributed by atoms with Gasteiger partial charge >= 0.3 is 0 Å². The molecule has 1 aromatic rings. The fourth-order valence-electron chi connectivity index (χ4n) is 0.845. The van der Waals surface area contributed by atoms with Crippen LogP contribution in [-0.4, -0.2) is 13.3 Å². The van der Waals surface area contributed by atoms with E-state index in [1.807, 2.05) is 0 Å². The topological polar surface area (TPSA) is 77.3 Å². The molecule has 5 nitrogen and oxygen atoms in total. The van der Waals surface area contributed by atoms with Gasteiger partial charge in [0.25, 0.3) is 14.7 Å². The summed E-state index contributed by atoms with van der Waals surface area (Å²) in [6, 6.07) is 2.02. The second-order valence-corrected chi connectivity index (χ2v) is 6.53. The number of rotatable bonds is 2. The highest BCUT2D eigenvalue weighted by Crippen LogP contribution is 2.32. The van der Waals surface area contributed by atoms with Crippen molar-refractivity contribution in [2.45, 2.75) is 4.90 Å². The Hall–Kier alpha value is -0.120.